The van der Waals surface area contributed by atoms with Gasteiger partial charge >= 0.3 is 11.9 Å². The van der Waals surface area contributed by atoms with Gasteiger partial charge in [-0.05, 0) is 76.8 Å². The average Bonchev–Trinajstić information content (AvgIpc) is 2.66. The van der Waals surface area contributed by atoms with Gasteiger partial charge in [-0.25, -0.2) is 9.59 Å². The Morgan fingerprint density at radius 2 is 1.97 bits per heavy atom. The molecule has 0 fully saturated rings. The molecule has 0 radical (unpaired) electrons. The second-order valence-electron chi connectivity index (χ2n) is 7.10. The molecule has 6 heteroatoms. The molecule has 0 aromatic heterocycles. The molecule has 0 heterocycles. The third-order valence-electron chi connectivity index (χ3n) is 4.28. The fourth-order valence-corrected chi connectivity index (χ4v) is 2.78. The Labute approximate surface area is 184 Å². The Morgan fingerprint density at radius 3 is 2.57 bits per heavy atom. The highest BCUT2D eigenvalue weighted by molar-refractivity contribution is 6.30. The van der Waals surface area contributed by atoms with Crippen molar-refractivity contribution in [2.45, 2.75) is 59.7 Å². The van der Waals surface area contributed by atoms with Crippen molar-refractivity contribution < 1.29 is 23.8 Å². The van der Waals surface area contributed by atoms with E-state index in [2.05, 4.69) is 6.58 Å². The fourth-order valence-electron chi connectivity index (χ4n) is 2.55. The number of ether oxygens (including phenoxy) is 3. The maximum absolute atomic E-state index is 12.5. The molecule has 164 valence electrons. The van der Waals surface area contributed by atoms with Gasteiger partial charge in [0.15, 0.2) is 6.10 Å². The van der Waals surface area contributed by atoms with Crippen LogP contribution in [-0.2, 0) is 19.1 Å². The van der Waals surface area contributed by atoms with Gasteiger partial charge in [-0.3, -0.25) is 0 Å². The van der Waals surface area contributed by atoms with E-state index in [0.29, 0.717) is 30.2 Å². The Hall–Kier alpha value is -2.53. The van der Waals surface area contributed by atoms with Crippen molar-refractivity contribution in [3.63, 3.8) is 0 Å². The minimum atomic E-state index is -0.768. The van der Waals surface area contributed by atoms with Crippen molar-refractivity contribution in [2.75, 3.05) is 6.61 Å². The summed E-state index contributed by atoms with van der Waals surface area (Å²) in [5, 5.41) is 0.609. The number of hydrogen-bond donors (Lipinski definition) is 0. The van der Waals surface area contributed by atoms with Crippen molar-refractivity contribution in [3.8, 4) is 5.75 Å². The standard InChI is InChI=1S/C24H31ClO5/c1-7-28-23(26)10-8-9-17(4)11-13-21(16(2)3)30-24(27)19(6)29-22-14-12-20(25)15-18(22)5/h8-10,12,14-15,19,21H,2,7,11,13H2,1,3-6H3. The molecule has 1 rings (SSSR count). The van der Waals surface area contributed by atoms with Gasteiger partial charge in [-0.15, -0.1) is 0 Å². The summed E-state index contributed by atoms with van der Waals surface area (Å²) in [6, 6.07) is 5.22. The van der Waals surface area contributed by atoms with E-state index < -0.39 is 18.2 Å². The molecular formula is C24H31ClO5. The summed E-state index contributed by atoms with van der Waals surface area (Å²) in [4.78, 5) is 23.8. The summed E-state index contributed by atoms with van der Waals surface area (Å²) >= 11 is 5.95. The van der Waals surface area contributed by atoms with E-state index in [-0.39, 0.29) is 5.97 Å². The second-order valence-corrected chi connectivity index (χ2v) is 7.54. The average molecular weight is 435 g/mol. The Kier molecular flexibility index (Phi) is 11.0. The molecule has 0 N–H and O–H groups in total. The molecule has 2 unspecified atom stereocenters. The topological polar surface area (TPSA) is 61.8 Å². The Morgan fingerprint density at radius 1 is 1.27 bits per heavy atom. The van der Waals surface area contributed by atoms with Crippen LogP contribution in [-0.4, -0.2) is 30.8 Å². The molecule has 0 bridgehead atoms. The van der Waals surface area contributed by atoms with E-state index in [1.165, 1.54) is 6.08 Å². The van der Waals surface area contributed by atoms with E-state index >= 15 is 0 Å². The lowest BCUT2D eigenvalue weighted by atomic mass is 10.0. The van der Waals surface area contributed by atoms with Gasteiger partial charge in [-0.2, -0.15) is 0 Å². The van der Waals surface area contributed by atoms with Crippen molar-refractivity contribution in [1.29, 1.82) is 0 Å². The van der Waals surface area contributed by atoms with Gasteiger partial charge in [-0.1, -0.05) is 35.9 Å². The van der Waals surface area contributed by atoms with Crippen LogP contribution in [0.25, 0.3) is 0 Å². The lowest BCUT2D eigenvalue weighted by molar-refractivity contribution is -0.155. The fraction of sp³-hybridized carbons (Fsp3) is 0.417. The molecule has 0 saturated heterocycles. The normalized spacial score (nSPS) is 13.6. The third kappa shape index (κ3) is 9.31. The molecule has 0 saturated carbocycles. The van der Waals surface area contributed by atoms with Crippen LogP contribution in [0.15, 0.2) is 54.2 Å². The number of allylic oxidation sites excluding steroid dienone is 3. The minimum Gasteiger partial charge on any atom is -0.479 e. The molecule has 0 aliphatic rings. The van der Waals surface area contributed by atoms with Crippen molar-refractivity contribution in [3.05, 3.63) is 64.7 Å². The molecule has 0 spiro atoms. The van der Waals surface area contributed by atoms with Crippen molar-refractivity contribution in [1.82, 2.24) is 0 Å². The molecule has 0 aliphatic heterocycles. The maximum Gasteiger partial charge on any atom is 0.347 e. The van der Waals surface area contributed by atoms with Gasteiger partial charge in [0.1, 0.15) is 11.9 Å². The summed E-state index contributed by atoms with van der Waals surface area (Å²) < 4.78 is 16.2. The number of carbonyl (C=O) groups excluding carboxylic acids is 2. The van der Waals surface area contributed by atoms with Gasteiger partial charge < -0.3 is 14.2 Å². The van der Waals surface area contributed by atoms with Gasteiger partial charge in [0.05, 0.1) is 6.61 Å². The van der Waals surface area contributed by atoms with Gasteiger partial charge in [0.2, 0.25) is 0 Å². The molecule has 2 atom stereocenters. The first-order chi connectivity index (χ1) is 14.1. The third-order valence-corrected chi connectivity index (χ3v) is 4.52. The molecule has 1 aromatic carbocycles. The van der Waals surface area contributed by atoms with Crippen LogP contribution < -0.4 is 4.74 Å². The van der Waals surface area contributed by atoms with E-state index in [4.69, 9.17) is 25.8 Å². The van der Waals surface area contributed by atoms with Crippen LogP contribution in [0.2, 0.25) is 5.02 Å². The molecular weight excluding hydrogens is 404 g/mol. The zero-order valence-electron chi connectivity index (χ0n) is 18.4. The van der Waals surface area contributed by atoms with E-state index in [1.807, 2.05) is 26.8 Å². The number of hydrogen-bond acceptors (Lipinski definition) is 5. The van der Waals surface area contributed by atoms with Crippen molar-refractivity contribution >= 4 is 23.5 Å². The zero-order chi connectivity index (χ0) is 22.7. The number of carbonyl (C=O) groups is 2. The smallest absolute Gasteiger partial charge is 0.347 e. The van der Waals surface area contributed by atoms with Crippen LogP contribution in [0.4, 0.5) is 0 Å². The summed E-state index contributed by atoms with van der Waals surface area (Å²) in [5.41, 5.74) is 2.64. The molecule has 0 aliphatic carbocycles. The predicted octanol–water partition coefficient (Wildman–Crippen LogP) is 5.75. The van der Waals surface area contributed by atoms with Gasteiger partial charge in [0.25, 0.3) is 0 Å². The number of rotatable bonds is 11. The lowest BCUT2D eigenvalue weighted by Crippen LogP contribution is -2.30. The van der Waals surface area contributed by atoms with E-state index in [9.17, 15) is 9.59 Å². The summed E-state index contributed by atoms with van der Waals surface area (Å²) in [6.07, 6.45) is 4.94. The minimum absolute atomic E-state index is 0.344. The second kappa shape index (κ2) is 12.9. The summed E-state index contributed by atoms with van der Waals surface area (Å²) in [7, 11) is 0. The number of halogens is 1. The SMILES string of the molecule is C=C(C)C(CCC(C)=CC=CC(=O)OCC)OC(=O)C(C)Oc1ccc(Cl)cc1C. The molecule has 1 aromatic rings. The first kappa shape index (κ1) is 25.5. The number of aryl methyl sites for hydroxylation is 1. The number of benzene rings is 1. The van der Waals surface area contributed by atoms with Crippen LogP contribution in [0.5, 0.6) is 5.75 Å². The maximum atomic E-state index is 12.5. The van der Waals surface area contributed by atoms with E-state index in [1.54, 1.807) is 38.1 Å². The first-order valence-electron chi connectivity index (χ1n) is 9.93. The molecule has 5 nitrogen and oxygen atoms in total. The van der Waals surface area contributed by atoms with Crippen LogP contribution in [0.3, 0.4) is 0 Å². The zero-order valence-corrected chi connectivity index (χ0v) is 19.1. The highest BCUT2D eigenvalue weighted by Crippen LogP contribution is 2.23. The Balaban J connectivity index is 2.62. The quantitative estimate of drug-likeness (QED) is 0.192. The predicted molar refractivity (Wildman–Crippen MR) is 120 cm³/mol. The van der Waals surface area contributed by atoms with Crippen LogP contribution in [0.1, 0.15) is 46.1 Å². The largest absolute Gasteiger partial charge is 0.479 e. The van der Waals surface area contributed by atoms with E-state index in [0.717, 1.165) is 16.7 Å². The molecule has 0 amide bonds. The summed E-state index contributed by atoms with van der Waals surface area (Å²) in [6.45, 7) is 13.3. The van der Waals surface area contributed by atoms with Crippen LogP contribution in [0, 0.1) is 6.92 Å². The Bertz CT molecular complexity index is 810. The summed E-state index contributed by atoms with van der Waals surface area (Å²) in [5.74, 6) is -0.246. The lowest BCUT2D eigenvalue weighted by Gasteiger charge is -2.21. The highest BCUT2D eigenvalue weighted by Gasteiger charge is 2.22. The van der Waals surface area contributed by atoms with Crippen LogP contribution >= 0.6 is 11.6 Å². The molecule has 30 heavy (non-hydrogen) atoms. The van der Waals surface area contributed by atoms with Crippen molar-refractivity contribution in [2.24, 2.45) is 0 Å². The number of esters is 2. The monoisotopic (exact) mass is 434 g/mol. The first-order valence-corrected chi connectivity index (χ1v) is 10.3. The highest BCUT2D eigenvalue weighted by atomic mass is 35.5. The van der Waals surface area contributed by atoms with Gasteiger partial charge in [0, 0.05) is 11.1 Å².